The molecule has 1 aromatic carbocycles. The van der Waals surface area contributed by atoms with Gasteiger partial charge in [-0.3, -0.25) is 9.59 Å². The molecular weight excluding hydrogens is 446 g/mol. The van der Waals surface area contributed by atoms with Crippen LogP contribution in [0.1, 0.15) is 52.6 Å². The van der Waals surface area contributed by atoms with E-state index >= 15 is 0 Å². The summed E-state index contributed by atoms with van der Waals surface area (Å²) in [7, 11) is 0. The van der Waals surface area contributed by atoms with Crippen molar-refractivity contribution in [1.82, 2.24) is 13.9 Å². The predicted octanol–water partition coefficient (Wildman–Crippen LogP) is 1.07. The molecule has 11 heteroatoms. The number of hydrogen-bond donors (Lipinski definition) is 0. The van der Waals surface area contributed by atoms with Gasteiger partial charge in [-0.25, -0.2) is 23.5 Å². The monoisotopic (exact) mass is 473 g/mol. The van der Waals surface area contributed by atoms with Gasteiger partial charge in [-0.1, -0.05) is 18.2 Å². The molecule has 4 heterocycles. The Morgan fingerprint density at radius 3 is 1.71 bits per heavy atom. The van der Waals surface area contributed by atoms with Gasteiger partial charge in [0, 0.05) is 13.8 Å². The van der Waals surface area contributed by atoms with Gasteiger partial charge in [0.1, 0.15) is 36.5 Å². The number of carbonyl (C=O) groups is 2. The minimum atomic E-state index is -1.02. The van der Waals surface area contributed by atoms with Crippen LogP contribution in [-0.4, -0.2) is 56.1 Å². The summed E-state index contributed by atoms with van der Waals surface area (Å²) in [5, 5.41) is 0. The highest BCUT2D eigenvalue weighted by atomic mass is 16.8. The smallest absolute Gasteiger partial charge is 0.352 e. The lowest BCUT2D eigenvalue weighted by molar-refractivity contribution is -0.170. The van der Waals surface area contributed by atoms with Crippen LogP contribution in [0.25, 0.3) is 5.69 Å². The summed E-state index contributed by atoms with van der Waals surface area (Å²) in [6, 6.07) is 6.92. The topological polar surface area (TPSA) is 120 Å². The van der Waals surface area contributed by atoms with E-state index in [1.54, 1.807) is 44.2 Å². The molecule has 2 aromatic rings. The third-order valence-electron chi connectivity index (χ3n) is 6.55. The van der Waals surface area contributed by atoms with Crippen molar-refractivity contribution in [2.24, 2.45) is 0 Å². The maximum Gasteiger partial charge on any atom is 0.352 e. The molecule has 6 atom stereocenters. The summed E-state index contributed by atoms with van der Waals surface area (Å²) in [6.07, 6.45) is -2.43. The zero-order valence-corrected chi connectivity index (χ0v) is 19.4. The summed E-state index contributed by atoms with van der Waals surface area (Å²) >= 11 is 0. The van der Waals surface area contributed by atoms with Gasteiger partial charge in [0.25, 0.3) is 0 Å². The Morgan fingerprint density at radius 1 is 0.853 bits per heavy atom. The van der Waals surface area contributed by atoms with E-state index in [1.807, 2.05) is 0 Å². The van der Waals surface area contributed by atoms with E-state index in [0.29, 0.717) is 18.5 Å². The van der Waals surface area contributed by atoms with Gasteiger partial charge in [0.15, 0.2) is 5.79 Å². The molecule has 34 heavy (non-hydrogen) atoms. The third kappa shape index (κ3) is 3.50. The molecule has 2 bridgehead atoms. The molecule has 2 unspecified atom stereocenters. The number of para-hydroxylation sites is 1. The second-order valence-corrected chi connectivity index (χ2v) is 9.34. The normalized spacial score (nSPS) is 31.2. The number of nitrogens with zero attached hydrogens (tertiary/aromatic N) is 3. The molecule has 1 aliphatic carbocycles. The summed E-state index contributed by atoms with van der Waals surface area (Å²) in [6.45, 7) is 6.04. The van der Waals surface area contributed by atoms with Crippen LogP contribution in [0, 0.1) is 0 Å². The molecule has 0 spiro atoms. The highest BCUT2D eigenvalue weighted by Gasteiger charge is 2.60. The fourth-order valence-corrected chi connectivity index (χ4v) is 5.53. The zero-order valence-electron chi connectivity index (χ0n) is 19.4. The van der Waals surface area contributed by atoms with Crippen molar-refractivity contribution in [2.75, 3.05) is 0 Å². The number of aromatic nitrogens is 3. The minimum Gasteiger partial charge on any atom is -0.460 e. The second-order valence-electron chi connectivity index (χ2n) is 9.34. The van der Waals surface area contributed by atoms with Gasteiger partial charge >= 0.3 is 23.3 Å². The minimum absolute atomic E-state index is 0.308. The molecule has 4 aliphatic rings. The van der Waals surface area contributed by atoms with Crippen molar-refractivity contribution in [3.8, 4) is 5.69 Å². The van der Waals surface area contributed by atoms with Crippen LogP contribution in [0.4, 0.5) is 0 Å². The highest BCUT2D eigenvalue weighted by molar-refractivity contribution is 5.66. The van der Waals surface area contributed by atoms with Crippen LogP contribution < -0.4 is 11.4 Å². The molecule has 2 fully saturated rings. The van der Waals surface area contributed by atoms with Crippen molar-refractivity contribution >= 4 is 11.9 Å². The number of ether oxygens (including phenoxy) is 4. The quantitative estimate of drug-likeness (QED) is 0.608. The van der Waals surface area contributed by atoms with Crippen molar-refractivity contribution in [2.45, 2.75) is 82.8 Å². The lowest BCUT2D eigenvalue weighted by Crippen LogP contribution is -2.60. The molecule has 0 radical (unpaired) electrons. The SMILES string of the molecule is CC(=O)O[C@H]1CC[C@@H](OC(C)=O)C2[C@@H]3OC(C)(C)O[C@H]3C1n1c(=O)n(-c3ccccc3)c(=O)n12. The first-order valence-electron chi connectivity index (χ1n) is 11.3. The van der Waals surface area contributed by atoms with Crippen molar-refractivity contribution in [3.05, 3.63) is 51.3 Å². The van der Waals surface area contributed by atoms with Gasteiger partial charge in [-0.15, -0.1) is 0 Å². The van der Waals surface area contributed by atoms with Crippen molar-refractivity contribution in [3.63, 3.8) is 0 Å². The summed E-state index contributed by atoms with van der Waals surface area (Å²) in [4.78, 5) is 51.5. The Balaban J connectivity index is 1.80. The lowest BCUT2D eigenvalue weighted by atomic mass is 9.83. The molecule has 1 saturated carbocycles. The number of carbonyl (C=O) groups excluding carboxylic acids is 2. The molecule has 0 amide bonds. The average molecular weight is 473 g/mol. The molecule has 6 rings (SSSR count). The van der Waals surface area contributed by atoms with Crippen molar-refractivity contribution < 1.29 is 28.5 Å². The molecule has 11 nitrogen and oxygen atoms in total. The van der Waals surface area contributed by atoms with Crippen LogP contribution in [0.2, 0.25) is 0 Å². The first-order chi connectivity index (χ1) is 16.1. The van der Waals surface area contributed by atoms with E-state index in [1.165, 1.54) is 23.2 Å². The van der Waals surface area contributed by atoms with E-state index in [4.69, 9.17) is 18.9 Å². The summed E-state index contributed by atoms with van der Waals surface area (Å²) in [5.41, 5.74) is -0.804. The molecule has 1 saturated heterocycles. The van der Waals surface area contributed by atoms with Crippen LogP contribution in [0.5, 0.6) is 0 Å². The highest BCUT2D eigenvalue weighted by Crippen LogP contribution is 2.47. The first kappa shape index (κ1) is 22.6. The van der Waals surface area contributed by atoms with Gasteiger partial charge in [-0.05, 0) is 38.8 Å². The Labute approximate surface area is 194 Å². The second kappa shape index (κ2) is 7.95. The van der Waals surface area contributed by atoms with Crippen LogP contribution in [-0.2, 0) is 28.5 Å². The van der Waals surface area contributed by atoms with E-state index in [9.17, 15) is 19.2 Å². The molecule has 1 aromatic heterocycles. The summed E-state index contributed by atoms with van der Waals surface area (Å²) < 4.78 is 27.4. The fraction of sp³-hybridized carbons (Fsp3) is 0.565. The van der Waals surface area contributed by atoms with Gasteiger partial charge in [0.2, 0.25) is 0 Å². The largest absolute Gasteiger partial charge is 0.460 e. The van der Waals surface area contributed by atoms with Crippen LogP contribution in [0.15, 0.2) is 39.9 Å². The fourth-order valence-electron chi connectivity index (χ4n) is 5.53. The maximum atomic E-state index is 13.8. The van der Waals surface area contributed by atoms with Crippen molar-refractivity contribution in [1.29, 1.82) is 0 Å². The molecular formula is C23H27N3O8. The number of rotatable bonds is 3. The van der Waals surface area contributed by atoms with E-state index in [2.05, 4.69) is 0 Å². The van der Waals surface area contributed by atoms with Crippen LogP contribution >= 0.6 is 0 Å². The summed E-state index contributed by atoms with van der Waals surface area (Å²) in [5.74, 6) is -2.09. The number of fused-ring (bicyclic) bond motifs is 3. The Bertz CT molecular complexity index is 1170. The van der Waals surface area contributed by atoms with Gasteiger partial charge in [-0.2, -0.15) is 0 Å². The average Bonchev–Trinajstić information content (AvgIpc) is 3.19. The van der Waals surface area contributed by atoms with Gasteiger partial charge in [0.05, 0.1) is 5.69 Å². The third-order valence-corrected chi connectivity index (χ3v) is 6.55. The zero-order chi connectivity index (χ0) is 24.4. The van der Waals surface area contributed by atoms with E-state index in [0.717, 1.165) is 4.57 Å². The molecule has 182 valence electrons. The van der Waals surface area contributed by atoms with Gasteiger partial charge < -0.3 is 18.9 Å². The Kier molecular flexibility index (Phi) is 5.28. The Hall–Kier alpha value is -3.18. The molecule has 3 aliphatic heterocycles. The lowest BCUT2D eigenvalue weighted by Gasteiger charge is -2.46. The predicted molar refractivity (Wildman–Crippen MR) is 117 cm³/mol. The van der Waals surface area contributed by atoms with Crippen LogP contribution in [0.3, 0.4) is 0 Å². The Morgan fingerprint density at radius 2 is 1.29 bits per heavy atom. The number of hydrogen-bond acceptors (Lipinski definition) is 8. The van der Waals surface area contributed by atoms with E-state index < -0.39 is 65.6 Å². The molecule has 0 N–H and O–H groups in total. The number of benzene rings is 1. The maximum absolute atomic E-state index is 13.8. The standard InChI is InChI=1S/C23H27N3O8/c1-12(27)31-15-10-11-16(32-13(2)28)18-20-19(33-23(3,4)34-20)17(15)25-21(29)24(22(30)26(18)25)14-8-6-5-7-9-14/h5-9,15-20H,10-11H2,1-4H3/t15-,16+,17?,18?,19-,20-/m0/s1. The van der Waals surface area contributed by atoms with E-state index in [-0.39, 0.29) is 0 Å². The number of esters is 2. The first-order valence-corrected chi connectivity index (χ1v) is 11.3.